The number of thiophene rings is 1. The molecular formula is C17H22N4O4S. The molecule has 0 aromatic carbocycles. The summed E-state index contributed by atoms with van der Waals surface area (Å²) in [6.45, 7) is 6.02. The summed E-state index contributed by atoms with van der Waals surface area (Å²) in [6.07, 6.45) is 2.63. The van der Waals surface area contributed by atoms with Gasteiger partial charge in [-0.1, -0.05) is 6.92 Å². The first-order valence-corrected chi connectivity index (χ1v) is 9.05. The fourth-order valence-corrected chi connectivity index (χ4v) is 3.41. The molecule has 8 nitrogen and oxygen atoms in total. The van der Waals surface area contributed by atoms with Crippen LogP contribution in [0.2, 0.25) is 0 Å². The van der Waals surface area contributed by atoms with E-state index >= 15 is 0 Å². The lowest BCUT2D eigenvalue weighted by atomic mass is 10.1. The molecule has 0 spiro atoms. The van der Waals surface area contributed by atoms with Crippen LogP contribution in [0.4, 0.5) is 5.00 Å². The van der Waals surface area contributed by atoms with Crippen LogP contribution in [0.15, 0.2) is 12.3 Å². The number of nitrogens with two attached hydrogens (primary N) is 1. The minimum atomic E-state index is -0.649. The average Bonchev–Trinajstić information content (AvgIpc) is 3.14. The van der Waals surface area contributed by atoms with Gasteiger partial charge in [-0.2, -0.15) is 5.10 Å². The third-order valence-corrected chi connectivity index (χ3v) is 4.83. The van der Waals surface area contributed by atoms with Crippen molar-refractivity contribution < 1.29 is 19.1 Å². The highest BCUT2D eigenvalue weighted by atomic mass is 32.1. The van der Waals surface area contributed by atoms with Gasteiger partial charge in [0.2, 0.25) is 5.91 Å². The second kappa shape index (κ2) is 8.61. The highest BCUT2D eigenvalue weighted by molar-refractivity contribution is 7.18. The first kappa shape index (κ1) is 19.6. The van der Waals surface area contributed by atoms with E-state index in [1.54, 1.807) is 17.8 Å². The summed E-state index contributed by atoms with van der Waals surface area (Å²) in [5, 5.41) is 7.18. The van der Waals surface area contributed by atoms with Crippen LogP contribution in [-0.2, 0) is 16.1 Å². The molecule has 0 aliphatic heterocycles. The molecule has 0 unspecified atom stereocenters. The minimum absolute atomic E-state index is 0.174. The van der Waals surface area contributed by atoms with Gasteiger partial charge in [-0.05, 0) is 31.9 Å². The van der Waals surface area contributed by atoms with E-state index in [0.717, 1.165) is 17.0 Å². The Morgan fingerprint density at radius 1 is 1.35 bits per heavy atom. The molecule has 3 N–H and O–H groups in total. The molecule has 2 amide bonds. The Balaban J connectivity index is 2.15. The summed E-state index contributed by atoms with van der Waals surface area (Å²) in [5.74, 6) is -1.52. The fourth-order valence-electron chi connectivity index (χ4n) is 2.34. The molecule has 2 heterocycles. The van der Waals surface area contributed by atoms with Crippen LogP contribution >= 0.6 is 11.3 Å². The molecule has 26 heavy (non-hydrogen) atoms. The van der Waals surface area contributed by atoms with Crippen molar-refractivity contribution in [1.82, 2.24) is 9.78 Å². The number of esters is 1. The van der Waals surface area contributed by atoms with Gasteiger partial charge in [-0.25, -0.2) is 4.79 Å². The Hall–Kier alpha value is -2.68. The number of nitrogens with zero attached hydrogens (tertiary/aromatic N) is 2. The third kappa shape index (κ3) is 4.69. The maximum Gasteiger partial charge on any atom is 0.341 e. The molecule has 0 saturated carbocycles. The molecule has 9 heteroatoms. The van der Waals surface area contributed by atoms with Crippen LogP contribution in [0.25, 0.3) is 0 Å². The van der Waals surface area contributed by atoms with Crippen LogP contribution in [0.1, 0.15) is 51.1 Å². The Labute approximate surface area is 155 Å². The molecule has 0 radical (unpaired) electrons. The Kier molecular flexibility index (Phi) is 6.51. The molecule has 0 fully saturated rings. The predicted molar refractivity (Wildman–Crippen MR) is 98.4 cm³/mol. The first-order valence-electron chi connectivity index (χ1n) is 8.23. The number of hydrogen-bond acceptors (Lipinski definition) is 6. The smallest absolute Gasteiger partial charge is 0.341 e. The summed E-state index contributed by atoms with van der Waals surface area (Å²) in [7, 11) is 0. The maximum atomic E-state index is 12.3. The molecular weight excluding hydrogens is 356 g/mol. The van der Waals surface area contributed by atoms with Crippen LogP contribution in [0.3, 0.4) is 0 Å². The number of hydrogen-bond donors (Lipinski definition) is 2. The maximum absolute atomic E-state index is 12.3. The third-order valence-electron chi connectivity index (χ3n) is 3.61. The Morgan fingerprint density at radius 3 is 2.65 bits per heavy atom. The molecule has 0 bridgehead atoms. The van der Waals surface area contributed by atoms with Crippen molar-refractivity contribution in [2.45, 2.75) is 40.2 Å². The number of anilines is 1. The molecule has 140 valence electrons. The topological polar surface area (TPSA) is 116 Å². The van der Waals surface area contributed by atoms with Gasteiger partial charge in [-0.3, -0.25) is 14.3 Å². The van der Waals surface area contributed by atoms with Crippen LogP contribution in [0.5, 0.6) is 0 Å². The Morgan fingerprint density at radius 2 is 2.08 bits per heavy atom. The van der Waals surface area contributed by atoms with E-state index in [1.807, 2.05) is 19.9 Å². The van der Waals surface area contributed by atoms with Gasteiger partial charge in [0.05, 0.1) is 22.7 Å². The molecule has 2 aromatic rings. The van der Waals surface area contributed by atoms with Crippen molar-refractivity contribution in [3.63, 3.8) is 0 Å². The monoisotopic (exact) mass is 378 g/mol. The standard InChI is InChI=1S/C17H22N4O4S/c1-4-9-25-17(24)13-11(3)14(15(18)23)26-16(13)19-12(22)6-8-21-7-5-10(2)20-21/h5,7H,4,6,8-9H2,1-3H3,(H2,18,23)(H,19,22). The van der Waals surface area contributed by atoms with Crippen molar-refractivity contribution in [2.24, 2.45) is 5.73 Å². The van der Waals surface area contributed by atoms with E-state index in [2.05, 4.69) is 10.4 Å². The Bertz CT molecular complexity index is 825. The number of aromatic nitrogens is 2. The van der Waals surface area contributed by atoms with E-state index in [-0.39, 0.29) is 34.4 Å². The normalized spacial score (nSPS) is 10.6. The van der Waals surface area contributed by atoms with E-state index in [4.69, 9.17) is 10.5 Å². The lowest BCUT2D eigenvalue weighted by Gasteiger charge is -2.08. The molecule has 2 aromatic heterocycles. The molecule has 2 rings (SSSR count). The summed E-state index contributed by atoms with van der Waals surface area (Å²) in [4.78, 5) is 36.4. The van der Waals surface area contributed by atoms with E-state index in [1.165, 1.54) is 0 Å². The fraction of sp³-hybridized carbons (Fsp3) is 0.412. The zero-order chi connectivity index (χ0) is 19.3. The average molecular weight is 378 g/mol. The number of rotatable bonds is 8. The second-order valence-corrected chi connectivity index (χ2v) is 6.80. The van der Waals surface area contributed by atoms with Crippen molar-refractivity contribution >= 4 is 34.1 Å². The van der Waals surface area contributed by atoms with Gasteiger partial charge in [0.25, 0.3) is 5.91 Å². The lowest BCUT2D eigenvalue weighted by Crippen LogP contribution is -2.17. The molecule has 0 aliphatic rings. The van der Waals surface area contributed by atoms with Gasteiger partial charge >= 0.3 is 5.97 Å². The number of primary amides is 1. The highest BCUT2D eigenvalue weighted by Crippen LogP contribution is 2.33. The number of carbonyl (C=O) groups excluding carboxylic acids is 3. The summed E-state index contributed by atoms with van der Waals surface area (Å²) in [6, 6.07) is 1.85. The van der Waals surface area contributed by atoms with Crippen molar-refractivity contribution in [3.8, 4) is 0 Å². The number of nitrogens with one attached hydrogen (secondary N) is 1. The molecule has 0 saturated heterocycles. The summed E-state index contributed by atoms with van der Waals surface area (Å²) in [5.41, 5.74) is 6.83. The predicted octanol–water partition coefficient (Wildman–Crippen LogP) is 2.26. The van der Waals surface area contributed by atoms with Crippen molar-refractivity contribution in [3.05, 3.63) is 34.0 Å². The van der Waals surface area contributed by atoms with E-state index in [0.29, 0.717) is 18.5 Å². The first-order chi connectivity index (χ1) is 12.3. The second-order valence-electron chi connectivity index (χ2n) is 5.78. The van der Waals surface area contributed by atoms with E-state index < -0.39 is 11.9 Å². The molecule has 0 atom stereocenters. The minimum Gasteiger partial charge on any atom is -0.462 e. The van der Waals surface area contributed by atoms with Gasteiger partial charge in [0.1, 0.15) is 5.00 Å². The zero-order valence-electron chi connectivity index (χ0n) is 15.0. The van der Waals surface area contributed by atoms with Crippen molar-refractivity contribution in [1.29, 1.82) is 0 Å². The van der Waals surface area contributed by atoms with Gasteiger partial charge in [-0.15, -0.1) is 11.3 Å². The number of carbonyl (C=O) groups is 3. The lowest BCUT2D eigenvalue weighted by molar-refractivity contribution is -0.116. The van der Waals surface area contributed by atoms with Crippen LogP contribution in [-0.4, -0.2) is 34.2 Å². The summed E-state index contributed by atoms with van der Waals surface area (Å²) < 4.78 is 6.82. The van der Waals surface area contributed by atoms with Crippen LogP contribution < -0.4 is 11.1 Å². The quantitative estimate of drug-likeness (QED) is 0.684. The number of amides is 2. The van der Waals surface area contributed by atoms with Crippen LogP contribution in [0, 0.1) is 13.8 Å². The summed E-state index contributed by atoms with van der Waals surface area (Å²) >= 11 is 0.980. The van der Waals surface area contributed by atoms with Gasteiger partial charge in [0.15, 0.2) is 0 Å². The number of ether oxygens (including phenoxy) is 1. The SMILES string of the molecule is CCCOC(=O)c1c(NC(=O)CCn2ccc(C)n2)sc(C(N)=O)c1C. The largest absolute Gasteiger partial charge is 0.462 e. The molecule has 0 aliphatic carbocycles. The van der Waals surface area contributed by atoms with Crippen molar-refractivity contribution in [2.75, 3.05) is 11.9 Å². The number of aryl methyl sites for hydroxylation is 2. The van der Waals surface area contributed by atoms with Gasteiger partial charge in [0, 0.05) is 19.2 Å². The van der Waals surface area contributed by atoms with Gasteiger partial charge < -0.3 is 15.8 Å². The highest BCUT2D eigenvalue weighted by Gasteiger charge is 2.25. The van der Waals surface area contributed by atoms with E-state index in [9.17, 15) is 14.4 Å². The zero-order valence-corrected chi connectivity index (χ0v) is 15.8.